The van der Waals surface area contributed by atoms with E-state index in [1.807, 2.05) is 0 Å². The van der Waals surface area contributed by atoms with Crippen LogP contribution in [-0.4, -0.2) is 27.9 Å². The fourth-order valence-electron chi connectivity index (χ4n) is 2.99. The smallest absolute Gasteiger partial charge is 0.406 e. The number of nitrogens with one attached hydrogen (secondary N) is 2. The summed E-state index contributed by atoms with van der Waals surface area (Å²) in [5.74, 6) is -0.489. The molecule has 2 N–H and O–H groups in total. The molecule has 1 aliphatic heterocycles. The van der Waals surface area contributed by atoms with Crippen LogP contribution in [0.15, 0.2) is 53.4 Å². The van der Waals surface area contributed by atoms with Gasteiger partial charge in [0.1, 0.15) is 5.75 Å². The Morgan fingerprint density at radius 2 is 1.70 bits per heavy atom. The van der Waals surface area contributed by atoms with Gasteiger partial charge in [0.05, 0.1) is 10.4 Å². The maximum atomic E-state index is 12.8. The molecule has 0 bridgehead atoms. The van der Waals surface area contributed by atoms with Crippen LogP contribution in [0.2, 0.25) is 5.02 Å². The fourth-order valence-corrected chi connectivity index (χ4v) is 4.53. The topological polar surface area (TPSA) is 67.4 Å². The summed E-state index contributed by atoms with van der Waals surface area (Å²) in [6.07, 6.45) is -4.32. The zero-order valence-corrected chi connectivity index (χ0v) is 15.5. The molecule has 1 saturated heterocycles. The molecule has 5 nitrogen and oxygen atoms in total. The van der Waals surface area contributed by atoms with Gasteiger partial charge in [0.25, 0.3) is 0 Å². The van der Waals surface area contributed by atoms with E-state index in [1.165, 1.54) is 0 Å². The number of hydrogen-bond donors (Lipinski definition) is 2. The average molecular weight is 421 g/mol. The summed E-state index contributed by atoms with van der Waals surface area (Å²) < 4.78 is 68.8. The Labute approximate surface area is 159 Å². The van der Waals surface area contributed by atoms with E-state index >= 15 is 0 Å². The van der Waals surface area contributed by atoms with Crippen LogP contribution in [0.1, 0.15) is 12.0 Å². The van der Waals surface area contributed by atoms with Crippen molar-refractivity contribution in [3.63, 3.8) is 0 Å². The summed E-state index contributed by atoms with van der Waals surface area (Å²) in [5, 5.41) is 3.66. The Bertz CT molecular complexity index is 895. The average Bonchev–Trinajstić information content (AvgIpc) is 3.03. The minimum absolute atomic E-state index is 0.155. The van der Waals surface area contributed by atoms with Crippen molar-refractivity contribution in [2.75, 3.05) is 13.1 Å². The number of benzene rings is 2. The molecule has 0 saturated carbocycles. The molecule has 3 rings (SSSR count). The molecule has 0 spiro atoms. The highest BCUT2D eigenvalue weighted by molar-refractivity contribution is 7.89. The van der Waals surface area contributed by atoms with Crippen molar-refractivity contribution in [1.29, 1.82) is 0 Å². The third-order valence-electron chi connectivity index (χ3n) is 4.25. The summed E-state index contributed by atoms with van der Waals surface area (Å²) in [6.45, 7) is 0.993. The van der Waals surface area contributed by atoms with Crippen molar-refractivity contribution < 1.29 is 26.3 Å². The maximum absolute atomic E-state index is 12.8. The first-order valence-electron chi connectivity index (χ1n) is 7.96. The zero-order valence-electron chi connectivity index (χ0n) is 13.9. The highest BCUT2D eigenvalue weighted by Crippen LogP contribution is 2.31. The Morgan fingerprint density at radius 1 is 1.07 bits per heavy atom. The van der Waals surface area contributed by atoms with Crippen LogP contribution < -0.4 is 14.8 Å². The molecular formula is C17H16ClF3N2O3S. The van der Waals surface area contributed by atoms with E-state index in [1.54, 1.807) is 24.3 Å². The van der Waals surface area contributed by atoms with Gasteiger partial charge >= 0.3 is 6.36 Å². The zero-order chi connectivity index (χ0) is 19.7. The standard InChI is InChI=1S/C17H16ClF3N2O3S/c18-13-3-1-12(2-4-13)16(9-10-22-11-16)23-27(24,25)15-7-5-14(6-8-15)26-17(19,20)21/h1-8,22-23H,9-11H2. The fraction of sp³-hybridized carbons (Fsp3) is 0.294. The number of hydrogen-bond acceptors (Lipinski definition) is 4. The van der Waals surface area contributed by atoms with Crippen LogP contribution in [-0.2, 0) is 15.6 Å². The number of rotatable bonds is 5. The lowest BCUT2D eigenvalue weighted by molar-refractivity contribution is -0.274. The first-order chi connectivity index (χ1) is 12.6. The molecule has 1 atom stereocenters. The lowest BCUT2D eigenvalue weighted by atomic mass is 9.90. The van der Waals surface area contributed by atoms with E-state index < -0.39 is 27.7 Å². The Balaban J connectivity index is 1.86. The Hall–Kier alpha value is -1.81. The number of ether oxygens (including phenoxy) is 1. The second-order valence-corrected chi connectivity index (χ2v) is 8.26. The van der Waals surface area contributed by atoms with E-state index in [0.29, 0.717) is 24.5 Å². The van der Waals surface area contributed by atoms with Crippen molar-refractivity contribution >= 4 is 21.6 Å². The predicted octanol–water partition coefficient (Wildman–Crippen LogP) is 3.41. The summed E-state index contributed by atoms with van der Waals surface area (Å²) >= 11 is 5.91. The van der Waals surface area contributed by atoms with Gasteiger partial charge < -0.3 is 10.1 Å². The molecule has 1 fully saturated rings. The molecule has 27 heavy (non-hydrogen) atoms. The number of sulfonamides is 1. The van der Waals surface area contributed by atoms with Gasteiger partial charge in [0.2, 0.25) is 10.0 Å². The molecule has 146 valence electrons. The van der Waals surface area contributed by atoms with Gasteiger partial charge in [-0.2, -0.15) is 4.72 Å². The van der Waals surface area contributed by atoms with E-state index in [2.05, 4.69) is 14.8 Å². The van der Waals surface area contributed by atoms with Crippen LogP contribution in [0.25, 0.3) is 0 Å². The molecule has 1 heterocycles. The minimum atomic E-state index is -4.84. The SMILES string of the molecule is O=S(=O)(NC1(c2ccc(Cl)cc2)CCNC1)c1ccc(OC(F)(F)F)cc1. The van der Waals surface area contributed by atoms with Crippen LogP contribution >= 0.6 is 11.6 Å². The molecule has 0 aliphatic carbocycles. The molecule has 10 heteroatoms. The molecule has 1 unspecified atom stereocenters. The van der Waals surface area contributed by atoms with Gasteiger partial charge in [0.15, 0.2) is 0 Å². The molecule has 0 amide bonds. The predicted molar refractivity (Wildman–Crippen MR) is 94.1 cm³/mol. The lowest BCUT2D eigenvalue weighted by Crippen LogP contribution is -2.47. The van der Waals surface area contributed by atoms with E-state index in [4.69, 9.17) is 11.6 Å². The summed E-state index contributed by atoms with van der Waals surface area (Å²) in [7, 11) is -3.98. The van der Waals surface area contributed by atoms with Gasteiger partial charge in [-0.3, -0.25) is 0 Å². The van der Waals surface area contributed by atoms with E-state index in [9.17, 15) is 21.6 Å². The third kappa shape index (κ3) is 4.73. The first-order valence-corrected chi connectivity index (χ1v) is 9.82. The Kier molecular flexibility index (Phi) is 5.40. The highest BCUT2D eigenvalue weighted by Gasteiger charge is 2.39. The third-order valence-corrected chi connectivity index (χ3v) is 6.05. The van der Waals surface area contributed by atoms with Crippen molar-refractivity contribution in [3.05, 3.63) is 59.1 Å². The summed E-state index contributed by atoms with van der Waals surface area (Å²) in [6, 6.07) is 10.9. The van der Waals surface area contributed by atoms with Crippen LogP contribution in [0, 0.1) is 0 Å². The van der Waals surface area contributed by atoms with Gasteiger partial charge in [-0.1, -0.05) is 23.7 Å². The van der Waals surface area contributed by atoms with Crippen molar-refractivity contribution in [1.82, 2.24) is 10.0 Å². The van der Waals surface area contributed by atoms with E-state index in [-0.39, 0.29) is 4.90 Å². The summed E-state index contributed by atoms with van der Waals surface area (Å²) in [5.41, 5.74) is -0.123. The second-order valence-electron chi connectivity index (χ2n) is 6.14. The van der Waals surface area contributed by atoms with Crippen molar-refractivity contribution in [3.8, 4) is 5.75 Å². The monoisotopic (exact) mass is 420 g/mol. The normalized spacial score (nSPS) is 20.6. The van der Waals surface area contributed by atoms with Gasteiger partial charge in [-0.25, -0.2) is 8.42 Å². The van der Waals surface area contributed by atoms with Gasteiger partial charge in [0, 0.05) is 11.6 Å². The van der Waals surface area contributed by atoms with Gasteiger partial charge in [-0.05, 0) is 54.9 Å². The van der Waals surface area contributed by atoms with Gasteiger partial charge in [-0.15, -0.1) is 13.2 Å². The van der Waals surface area contributed by atoms with E-state index in [0.717, 1.165) is 29.8 Å². The molecule has 0 radical (unpaired) electrons. The Morgan fingerprint density at radius 3 is 2.22 bits per heavy atom. The first kappa shape index (κ1) is 19.9. The highest BCUT2D eigenvalue weighted by atomic mass is 35.5. The number of alkyl halides is 3. The quantitative estimate of drug-likeness (QED) is 0.778. The lowest BCUT2D eigenvalue weighted by Gasteiger charge is -2.30. The molecule has 2 aromatic carbocycles. The molecule has 2 aromatic rings. The largest absolute Gasteiger partial charge is 0.573 e. The molecular weight excluding hydrogens is 405 g/mol. The molecule has 0 aromatic heterocycles. The van der Waals surface area contributed by atoms with Crippen LogP contribution in [0.5, 0.6) is 5.75 Å². The maximum Gasteiger partial charge on any atom is 0.573 e. The van der Waals surface area contributed by atoms with Crippen LogP contribution in [0.3, 0.4) is 0 Å². The minimum Gasteiger partial charge on any atom is -0.406 e. The van der Waals surface area contributed by atoms with Crippen LogP contribution in [0.4, 0.5) is 13.2 Å². The van der Waals surface area contributed by atoms with Crippen molar-refractivity contribution in [2.24, 2.45) is 0 Å². The van der Waals surface area contributed by atoms with Crippen molar-refractivity contribution in [2.45, 2.75) is 23.2 Å². The second kappa shape index (κ2) is 7.31. The number of halogens is 4. The summed E-state index contributed by atoms with van der Waals surface area (Å²) in [4.78, 5) is -0.155. The molecule has 1 aliphatic rings.